The molecule has 0 fully saturated rings. The molecule has 0 saturated heterocycles. The number of hydrogen-bond acceptors (Lipinski definition) is 2. The fourth-order valence-electron chi connectivity index (χ4n) is 2.08. The molecule has 158 valence electrons. The Kier molecular flexibility index (Phi) is 5.72. The Morgan fingerprint density at radius 3 is 1.76 bits per heavy atom. The number of halogens is 10. The van der Waals surface area contributed by atoms with Crippen LogP contribution in [0.4, 0.5) is 49.6 Å². The molecule has 0 spiro atoms. The zero-order chi connectivity index (χ0) is 22.2. The number of amides is 1. The molecule has 0 saturated carbocycles. The van der Waals surface area contributed by atoms with Crippen molar-refractivity contribution in [3.8, 4) is 5.75 Å². The van der Waals surface area contributed by atoms with E-state index in [4.69, 9.17) is 0 Å². The lowest BCUT2D eigenvalue weighted by atomic mass is 10.0. The summed E-state index contributed by atoms with van der Waals surface area (Å²) >= 11 is 0. The van der Waals surface area contributed by atoms with Crippen molar-refractivity contribution in [2.45, 2.75) is 18.7 Å². The third-order valence-electron chi connectivity index (χ3n) is 3.27. The quantitative estimate of drug-likeness (QED) is 0.600. The third-order valence-corrected chi connectivity index (χ3v) is 3.27. The molecule has 2 rings (SSSR count). The van der Waals surface area contributed by atoms with Gasteiger partial charge in [0, 0.05) is 11.6 Å². The van der Waals surface area contributed by atoms with Crippen molar-refractivity contribution in [1.82, 2.24) is 0 Å². The van der Waals surface area contributed by atoms with Crippen LogP contribution < -0.4 is 10.1 Å². The first-order valence-corrected chi connectivity index (χ1v) is 7.22. The first kappa shape index (κ1) is 22.3. The molecule has 1 N–H and O–H groups in total. The van der Waals surface area contributed by atoms with Crippen LogP contribution in [0.2, 0.25) is 0 Å². The minimum atomic E-state index is -5.23. The minimum absolute atomic E-state index is 0.0819. The number of carbonyl (C=O) groups excluding carboxylic acids is 1. The molecular weight excluding hydrogens is 428 g/mol. The number of nitrogens with one attached hydrogen (secondary N) is 1. The van der Waals surface area contributed by atoms with Gasteiger partial charge in [0.1, 0.15) is 11.6 Å². The average Bonchev–Trinajstić information content (AvgIpc) is 2.54. The lowest BCUT2D eigenvalue weighted by molar-refractivity contribution is -0.274. The molecule has 0 radical (unpaired) electrons. The zero-order valence-electron chi connectivity index (χ0n) is 13.6. The van der Waals surface area contributed by atoms with Crippen LogP contribution >= 0.6 is 0 Å². The molecule has 13 heteroatoms. The number of ether oxygens (including phenoxy) is 1. The van der Waals surface area contributed by atoms with E-state index in [2.05, 4.69) is 4.74 Å². The van der Waals surface area contributed by atoms with Gasteiger partial charge in [-0.05, 0) is 30.3 Å². The molecular formula is C16H7F10NO2. The highest BCUT2D eigenvalue weighted by molar-refractivity contribution is 6.04. The molecule has 0 heterocycles. The largest absolute Gasteiger partial charge is 0.573 e. The molecule has 0 bridgehead atoms. The van der Waals surface area contributed by atoms with Crippen molar-refractivity contribution < 1.29 is 53.4 Å². The SMILES string of the molecule is O=C(Nc1cc(OC(F)(F)F)ccc1F)c1cc(C(F)(F)F)cc(C(F)(F)F)c1. The molecule has 0 aliphatic rings. The monoisotopic (exact) mass is 435 g/mol. The van der Waals surface area contributed by atoms with Crippen LogP contribution in [0.5, 0.6) is 5.75 Å². The van der Waals surface area contributed by atoms with Gasteiger partial charge < -0.3 is 10.1 Å². The molecule has 0 atom stereocenters. The smallest absolute Gasteiger partial charge is 0.406 e. The summed E-state index contributed by atoms with van der Waals surface area (Å²) in [5, 5.41) is 1.61. The number of benzene rings is 2. The molecule has 3 nitrogen and oxygen atoms in total. The van der Waals surface area contributed by atoms with E-state index in [-0.39, 0.29) is 18.2 Å². The van der Waals surface area contributed by atoms with Gasteiger partial charge in [-0.15, -0.1) is 13.2 Å². The fraction of sp³-hybridized carbons (Fsp3) is 0.188. The fourth-order valence-corrected chi connectivity index (χ4v) is 2.08. The molecule has 0 aromatic heterocycles. The van der Waals surface area contributed by atoms with Crippen LogP contribution in [-0.4, -0.2) is 12.3 Å². The van der Waals surface area contributed by atoms with Gasteiger partial charge in [-0.1, -0.05) is 0 Å². The van der Waals surface area contributed by atoms with Crippen LogP contribution in [0, 0.1) is 5.82 Å². The molecule has 2 aromatic rings. The highest BCUT2D eigenvalue weighted by Crippen LogP contribution is 2.36. The highest BCUT2D eigenvalue weighted by atomic mass is 19.4. The number of hydrogen-bond donors (Lipinski definition) is 1. The minimum Gasteiger partial charge on any atom is -0.406 e. The van der Waals surface area contributed by atoms with E-state index in [1.165, 1.54) is 0 Å². The normalized spacial score (nSPS) is 12.6. The summed E-state index contributed by atoms with van der Waals surface area (Å²) in [7, 11) is 0. The molecule has 1 amide bonds. The summed E-state index contributed by atoms with van der Waals surface area (Å²) in [6, 6.07) is 1.29. The van der Waals surface area contributed by atoms with E-state index in [9.17, 15) is 48.7 Å². The summed E-state index contributed by atoms with van der Waals surface area (Å²) in [5.41, 5.74) is -5.70. The van der Waals surface area contributed by atoms with Crippen molar-refractivity contribution in [1.29, 1.82) is 0 Å². The van der Waals surface area contributed by atoms with Crippen LogP contribution in [0.25, 0.3) is 0 Å². The summed E-state index contributed by atoms with van der Waals surface area (Å²) in [6.45, 7) is 0. The van der Waals surface area contributed by atoms with Crippen molar-refractivity contribution in [3.63, 3.8) is 0 Å². The number of rotatable bonds is 3. The number of carbonyl (C=O) groups is 1. The Hall–Kier alpha value is -2.99. The summed E-state index contributed by atoms with van der Waals surface area (Å²) in [5.74, 6) is -3.91. The summed E-state index contributed by atoms with van der Waals surface area (Å²) in [6.07, 6.45) is -15.6. The van der Waals surface area contributed by atoms with Crippen LogP contribution in [0.15, 0.2) is 36.4 Å². The Morgan fingerprint density at radius 2 is 1.31 bits per heavy atom. The molecule has 0 unspecified atom stereocenters. The van der Waals surface area contributed by atoms with Crippen molar-refractivity contribution in [2.75, 3.05) is 5.32 Å². The molecule has 29 heavy (non-hydrogen) atoms. The van der Waals surface area contributed by atoms with Gasteiger partial charge in [0.05, 0.1) is 16.8 Å². The summed E-state index contributed by atoms with van der Waals surface area (Å²) in [4.78, 5) is 12.0. The Morgan fingerprint density at radius 1 is 0.793 bits per heavy atom. The topological polar surface area (TPSA) is 38.3 Å². The molecule has 0 aliphatic carbocycles. The van der Waals surface area contributed by atoms with E-state index < -0.39 is 58.6 Å². The van der Waals surface area contributed by atoms with Gasteiger partial charge >= 0.3 is 18.7 Å². The van der Waals surface area contributed by atoms with Gasteiger partial charge in [-0.3, -0.25) is 4.79 Å². The Labute approximate surface area is 154 Å². The zero-order valence-corrected chi connectivity index (χ0v) is 13.6. The predicted octanol–water partition coefficient (Wildman–Crippen LogP) is 6.01. The lowest BCUT2D eigenvalue weighted by Crippen LogP contribution is -2.19. The van der Waals surface area contributed by atoms with E-state index >= 15 is 0 Å². The second-order valence-corrected chi connectivity index (χ2v) is 5.44. The second kappa shape index (κ2) is 7.44. The van der Waals surface area contributed by atoms with Gasteiger partial charge in [0.15, 0.2) is 0 Å². The highest BCUT2D eigenvalue weighted by Gasteiger charge is 2.37. The lowest BCUT2D eigenvalue weighted by Gasteiger charge is -2.15. The van der Waals surface area contributed by atoms with Gasteiger partial charge in [0.2, 0.25) is 0 Å². The summed E-state index contributed by atoms with van der Waals surface area (Å²) < 4.78 is 131. The predicted molar refractivity (Wildman–Crippen MR) is 77.5 cm³/mol. The Bertz CT molecular complexity index is 883. The van der Waals surface area contributed by atoms with Gasteiger partial charge in [-0.2, -0.15) is 26.3 Å². The molecule has 0 aliphatic heterocycles. The maximum atomic E-state index is 13.7. The standard InChI is InChI=1S/C16H7F10NO2/c17-11-2-1-10(29-16(24,25)26)6-12(11)27-13(28)7-3-8(14(18,19)20)5-9(4-7)15(21,22)23/h1-6H,(H,27,28). The van der Waals surface area contributed by atoms with E-state index in [0.29, 0.717) is 18.2 Å². The van der Waals surface area contributed by atoms with Crippen molar-refractivity contribution in [3.05, 3.63) is 58.9 Å². The van der Waals surface area contributed by atoms with E-state index in [1.807, 2.05) is 0 Å². The van der Waals surface area contributed by atoms with Crippen molar-refractivity contribution in [2.24, 2.45) is 0 Å². The average molecular weight is 435 g/mol. The Balaban J connectivity index is 2.42. The first-order chi connectivity index (χ1) is 13.1. The van der Waals surface area contributed by atoms with Gasteiger partial charge in [0.25, 0.3) is 5.91 Å². The third kappa shape index (κ3) is 5.99. The van der Waals surface area contributed by atoms with E-state index in [1.54, 1.807) is 5.32 Å². The van der Waals surface area contributed by atoms with E-state index in [0.717, 1.165) is 0 Å². The van der Waals surface area contributed by atoms with Crippen LogP contribution in [0.3, 0.4) is 0 Å². The van der Waals surface area contributed by atoms with Gasteiger partial charge in [-0.25, -0.2) is 4.39 Å². The van der Waals surface area contributed by atoms with Crippen molar-refractivity contribution >= 4 is 11.6 Å². The first-order valence-electron chi connectivity index (χ1n) is 7.22. The number of anilines is 1. The van der Waals surface area contributed by atoms with Crippen LogP contribution in [0.1, 0.15) is 21.5 Å². The van der Waals surface area contributed by atoms with Crippen LogP contribution in [-0.2, 0) is 12.4 Å². The maximum absolute atomic E-state index is 13.7. The second-order valence-electron chi connectivity index (χ2n) is 5.44. The maximum Gasteiger partial charge on any atom is 0.573 e. The molecule has 2 aromatic carbocycles. The number of alkyl halides is 9.